The van der Waals surface area contributed by atoms with Crippen molar-refractivity contribution in [3.8, 4) is 23.1 Å². The third kappa shape index (κ3) is 6.85. The number of fused-ring (bicyclic) bond motifs is 1. The molecule has 0 saturated carbocycles. The van der Waals surface area contributed by atoms with Crippen LogP contribution in [0.25, 0.3) is 22.2 Å². The number of methoxy groups -OCH3 is 1. The molecule has 2 aromatic carbocycles. The Bertz CT molecular complexity index is 1200. The van der Waals surface area contributed by atoms with Crippen molar-refractivity contribution in [1.29, 1.82) is 5.26 Å². The fourth-order valence-electron chi connectivity index (χ4n) is 3.90. The molecule has 1 aromatic heterocycles. The number of hydrogen-bond donors (Lipinski definition) is 1. The number of nitriles is 1. The first-order chi connectivity index (χ1) is 16.3. The minimum absolute atomic E-state index is 0.358. The van der Waals surface area contributed by atoms with E-state index in [9.17, 15) is 13.7 Å². The van der Waals surface area contributed by atoms with Gasteiger partial charge in [-0.3, -0.25) is 0 Å². The third-order valence-electron chi connectivity index (χ3n) is 5.21. The van der Waals surface area contributed by atoms with Crippen molar-refractivity contribution in [3.63, 3.8) is 0 Å². The van der Waals surface area contributed by atoms with Crippen LogP contribution in [0.3, 0.4) is 0 Å². The molecule has 1 heterocycles. The van der Waals surface area contributed by atoms with E-state index in [-0.39, 0.29) is 0 Å². The van der Waals surface area contributed by atoms with Crippen molar-refractivity contribution in [2.24, 2.45) is 0 Å². The minimum atomic E-state index is -3.19. The van der Waals surface area contributed by atoms with Crippen LogP contribution in [0, 0.1) is 18.3 Å². The maximum atomic E-state index is 11.2. The number of hydrogen-bond acceptors (Lipinski definition) is 4. The SMILES string of the molecule is CC.CC.CCCn1c(-c2ccc(CCNS(C)(=O)=O)cc2)c(C#N)c2ccc(OC)c(C)c21. The highest BCUT2D eigenvalue weighted by atomic mass is 32.2. The van der Waals surface area contributed by atoms with Crippen molar-refractivity contribution in [2.75, 3.05) is 19.9 Å². The molecule has 186 valence electrons. The van der Waals surface area contributed by atoms with Gasteiger partial charge in [0.2, 0.25) is 10.0 Å². The van der Waals surface area contributed by atoms with E-state index < -0.39 is 10.0 Å². The first-order valence-corrected chi connectivity index (χ1v) is 13.8. The summed E-state index contributed by atoms with van der Waals surface area (Å²) < 4.78 is 32.7. The second-order valence-corrected chi connectivity index (χ2v) is 9.22. The van der Waals surface area contributed by atoms with E-state index in [0.717, 1.165) is 58.3 Å². The molecule has 3 aromatic rings. The number of aromatic nitrogens is 1. The zero-order chi connectivity index (χ0) is 25.9. The Balaban J connectivity index is 0.00000137. The van der Waals surface area contributed by atoms with Crippen LogP contribution >= 0.6 is 0 Å². The summed E-state index contributed by atoms with van der Waals surface area (Å²) in [4.78, 5) is 0. The molecule has 0 spiro atoms. The number of ether oxygens (including phenoxy) is 1. The van der Waals surface area contributed by atoms with Crippen LogP contribution in [-0.4, -0.2) is 32.9 Å². The van der Waals surface area contributed by atoms with E-state index >= 15 is 0 Å². The van der Waals surface area contributed by atoms with Gasteiger partial charge in [0.25, 0.3) is 0 Å². The van der Waals surface area contributed by atoms with Gasteiger partial charge in [-0.05, 0) is 43.0 Å². The molecule has 0 aliphatic carbocycles. The molecule has 0 amide bonds. The molecule has 0 aliphatic heterocycles. The second kappa shape index (κ2) is 13.8. The molecule has 0 atom stereocenters. The minimum Gasteiger partial charge on any atom is -0.496 e. The Kier molecular flexibility index (Phi) is 11.8. The first-order valence-electron chi connectivity index (χ1n) is 11.9. The van der Waals surface area contributed by atoms with E-state index in [2.05, 4.69) is 22.3 Å². The summed E-state index contributed by atoms with van der Waals surface area (Å²) in [6, 6.07) is 14.3. The summed E-state index contributed by atoms with van der Waals surface area (Å²) in [6.45, 7) is 13.3. The summed E-state index contributed by atoms with van der Waals surface area (Å²) >= 11 is 0. The molecule has 0 unspecified atom stereocenters. The fraction of sp³-hybridized carbons (Fsp3) is 0.444. The molecule has 0 radical (unpaired) electrons. The van der Waals surface area contributed by atoms with Crippen LogP contribution < -0.4 is 9.46 Å². The summed E-state index contributed by atoms with van der Waals surface area (Å²) in [5.74, 6) is 0.808. The van der Waals surface area contributed by atoms with Gasteiger partial charge in [0.1, 0.15) is 11.8 Å². The highest BCUT2D eigenvalue weighted by Crippen LogP contribution is 2.38. The Labute approximate surface area is 205 Å². The van der Waals surface area contributed by atoms with Crippen LogP contribution in [0.4, 0.5) is 0 Å². The monoisotopic (exact) mass is 485 g/mol. The van der Waals surface area contributed by atoms with Crippen molar-refractivity contribution in [1.82, 2.24) is 9.29 Å². The Hall–Kier alpha value is -2.82. The van der Waals surface area contributed by atoms with Crippen LogP contribution in [0.15, 0.2) is 36.4 Å². The van der Waals surface area contributed by atoms with Crippen LogP contribution in [0.2, 0.25) is 0 Å². The number of sulfonamides is 1. The van der Waals surface area contributed by atoms with E-state index in [0.29, 0.717) is 18.5 Å². The molecular weight excluding hydrogens is 446 g/mol. The van der Waals surface area contributed by atoms with Gasteiger partial charge in [-0.25, -0.2) is 13.1 Å². The molecule has 0 fully saturated rings. The van der Waals surface area contributed by atoms with Crippen LogP contribution in [-0.2, 0) is 23.0 Å². The summed E-state index contributed by atoms with van der Waals surface area (Å²) in [5, 5.41) is 10.9. The number of aryl methyl sites for hydroxylation is 2. The maximum Gasteiger partial charge on any atom is 0.208 e. The molecule has 34 heavy (non-hydrogen) atoms. The number of benzene rings is 2. The zero-order valence-corrected chi connectivity index (χ0v) is 22.6. The average Bonchev–Trinajstić information content (AvgIpc) is 3.16. The molecular formula is C27H39N3O3S. The second-order valence-electron chi connectivity index (χ2n) is 7.39. The van der Waals surface area contributed by atoms with Gasteiger partial charge in [0.05, 0.1) is 30.1 Å². The Morgan fingerprint density at radius 3 is 2.18 bits per heavy atom. The van der Waals surface area contributed by atoms with Gasteiger partial charge in [-0.15, -0.1) is 0 Å². The van der Waals surface area contributed by atoms with Gasteiger partial charge in [-0.2, -0.15) is 5.26 Å². The van der Waals surface area contributed by atoms with Crippen LogP contribution in [0.5, 0.6) is 5.75 Å². The molecule has 1 N–H and O–H groups in total. The number of nitrogens with zero attached hydrogens (tertiary/aromatic N) is 2. The molecule has 3 rings (SSSR count). The van der Waals surface area contributed by atoms with Gasteiger partial charge >= 0.3 is 0 Å². The highest BCUT2D eigenvalue weighted by Gasteiger charge is 2.21. The Morgan fingerprint density at radius 2 is 1.68 bits per heavy atom. The predicted molar refractivity (Wildman–Crippen MR) is 143 cm³/mol. The normalized spacial score (nSPS) is 10.6. The molecule has 0 bridgehead atoms. The third-order valence-corrected chi connectivity index (χ3v) is 5.94. The fourth-order valence-corrected chi connectivity index (χ4v) is 4.37. The average molecular weight is 486 g/mol. The standard InChI is InChI=1S/C23H27N3O3S.2C2H6/c1-5-14-26-22-16(2)21(29-3)11-10-19(22)20(15-24)23(26)18-8-6-17(7-9-18)12-13-25-30(4,27)28;2*1-2/h6-11,25H,5,12-14H2,1-4H3;2*1-2H3. The molecule has 0 saturated heterocycles. The number of nitrogens with one attached hydrogen (secondary N) is 1. The molecule has 7 heteroatoms. The lowest BCUT2D eigenvalue weighted by molar-refractivity contribution is 0.412. The van der Waals surface area contributed by atoms with Gasteiger partial charge < -0.3 is 9.30 Å². The lowest BCUT2D eigenvalue weighted by Gasteiger charge is -2.13. The summed E-state index contributed by atoms with van der Waals surface area (Å²) in [5.41, 5.74) is 5.62. The lowest BCUT2D eigenvalue weighted by atomic mass is 10.0. The van der Waals surface area contributed by atoms with E-state index in [4.69, 9.17) is 4.74 Å². The van der Waals surface area contributed by atoms with Gasteiger partial charge in [-0.1, -0.05) is 58.9 Å². The summed E-state index contributed by atoms with van der Waals surface area (Å²) in [7, 11) is -1.53. The van der Waals surface area contributed by atoms with Gasteiger partial charge in [0.15, 0.2) is 0 Å². The molecule has 0 aliphatic rings. The largest absolute Gasteiger partial charge is 0.496 e. The topological polar surface area (TPSA) is 84.1 Å². The zero-order valence-electron chi connectivity index (χ0n) is 21.8. The highest BCUT2D eigenvalue weighted by molar-refractivity contribution is 7.88. The quantitative estimate of drug-likeness (QED) is 0.421. The van der Waals surface area contributed by atoms with Crippen molar-refractivity contribution in [3.05, 3.63) is 53.1 Å². The van der Waals surface area contributed by atoms with Crippen molar-refractivity contribution < 1.29 is 13.2 Å². The van der Waals surface area contributed by atoms with Crippen molar-refractivity contribution >= 4 is 20.9 Å². The van der Waals surface area contributed by atoms with E-state index in [1.54, 1.807) is 7.11 Å². The van der Waals surface area contributed by atoms with Crippen LogP contribution in [0.1, 0.15) is 57.7 Å². The van der Waals surface area contributed by atoms with Gasteiger partial charge in [0, 0.05) is 24.0 Å². The van der Waals surface area contributed by atoms with Crippen molar-refractivity contribution in [2.45, 2.75) is 60.9 Å². The predicted octanol–water partition coefficient (Wildman–Crippen LogP) is 6.05. The summed E-state index contributed by atoms with van der Waals surface area (Å²) in [6.07, 6.45) is 2.70. The first kappa shape index (κ1) is 29.2. The van der Waals surface area contributed by atoms with E-state index in [1.807, 2.05) is 71.0 Å². The molecule has 6 nitrogen and oxygen atoms in total. The van der Waals surface area contributed by atoms with E-state index in [1.165, 1.54) is 0 Å². The smallest absolute Gasteiger partial charge is 0.208 e. The number of rotatable bonds is 8. The lowest BCUT2D eigenvalue weighted by Crippen LogP contribution is -2.24. The Morgan fingerprint density at radius 1 is 1.06 bits per heavy atom. The maximum absolute atomic E-state index is 11.2.